The highest BCUT2D eigenvalue weighted by Gasteiger charge is 2.43. The van der Waals surface area contributed by atoms with E-state index in [2.05, 4.69) is 15.4 Å². The standard InChI is InChI=1S/C12H13F4N2O/c13-11(14)12(15,16)19-9-3-1-8(2-4-9)10-7-17-5-6-18-10/h1-4,10-11,17H,5-7H2. The number of nitrogens with zero attached hydrogens (tertiary/aromatic N) is 1. The molecule has 1 N–H and O–H groups in total. The van der Waals surface area contributed by atoms with Crippen LogP contribution >= 0.6 is 0 Å². The lowest BCUT2D eigenvalue weighted by atomic mass is 10.1. The molecule has 1 aromatic carbocycles. The normalized spacial score (nSPS) is 20.6. The molecule has 3 nitrogen and oxygen atoms in total. The maximum Gasteiger partial charge on any atom is 0.461 e. The first-order valence-electron chi connectivity index (χ1n) is 5.81. The summed E-state index contributed by atoms with van der Waals surface area (Å²) in [6, 6.07) is 5.56. The summed E-state index contributed by atoms with van der Waals surface area (Å²) >= 11 is 0. The molecule has 1 unspecified atom stereocenters. The maximum atomic E-state index is 12.7. The van der Waals surface area contributed by atoms with Gasteiger partial charge < -0.3 is 10.1 Å². The topological polar surface area (TPSA) is 35.4 Å². The molecule has 2 rings (SSSR count). The minimum Gasteiger partial charge on any atom is -0.428 e. The molecular weight excluding hydrogens is 264 g/mol. The zero-order valence-electron chi connectivity index (χ0n) is 9.95. The van der Waals surface area contributed by atoms with Crippen LogP contribution in [0.3, 0.4) is 0 Å². The molecule has 1 aliphatic heterocycles. The van der Waals surface area contributed by atoms with E-state index in [9.17, 15) is 17.6 Å². The number of benzene rings is 1. The van der Waals surface area contributed by atoms with Crippen molar-refractivity contribution in [3.8, 4) is 5.75 Å². The second-order valence-electron chi connectivity index (χ2n) is 4.16. The van der Waals surface area contributed by atoms with Crippen molar-refractivity contribution in [3.63, 3.8) is 0 Å². The lowest BCUT2D eigenvalue weighted by Gasteiger charge is -2.23. The Hall–Kier alpha value is -1.34. The Kier molecular flexibility index (Phi) is 4.26. The lowest BCUT2D eigenvalue weighted by molar-refractivity contribution is -0.253. The van der Waals surface area contributed by atoms with Crippen LogP contribution in [0.15, 0.2) is 24.3 Å². The molecule has 0 saturated carbocycles. The predicted octanol–water partition coefficient (Wildman–Crippen LogP) is 2.17. The number of hydrogen-bond donors (Lipinski definition) is 1. The van der Waals surface area contributed by atoms with E-state index in [0.29, 0.717) is 13.1 Å². The molecule has 19 heavy (non-hydrogen) atoms. The fourth-order valence-electron chi connectivity index (χ4n) is 1.79. The van der Waals surface area contributed by atoms with E-state index in [0.717, 1.165) is 12.1 Å². The second-order valence-corrected chi connectivity index (χ2v) is 4.16. The quantitative estimate of drug-likeness (QED) is 0.856. The smallest absolute Gasteiger partial charge is 0.428 e. The minimum atomic E-state index is -4.47. The van der Waals surface area contributed by atoms with Crippen LogP contribution in [0.25, 0.3) is 0 Å². The van der Waals surface area contributed by atoms with E-state index >= 15 is 0 Å². The highest BCUT2D eigenvalue weighted by molar-refractivity contribution is 5.29. The summed E-state index contributed by atoms with van der Waals surface area (Å²) in [6.07, 6.45) is -8.33. The highest BCUT2D eigenvalue weighted by atomic mass is 19.3. The predicted molar refractivity (Wildman–Crippen MR) is 60.6 cm³/mol. The van der Waals surface area contributed by atoms with Crippen molar-refractivity contribution in [1.29, 1.82) is 0 Å². The summed E-state index contributed by atoms with van der Waals surface area (Å²) in [7, 11) is 0. The van der Waals surface area contributed by atoms with Crippen LogP contribution < -0.4 is 15.4 Å². The average Bonchev–Trinajstić information content (AvgIpc) is 2.40. The van der Waals surface area contributed by atoms with Crippen LogP contribution in [0, 0.1) is 0 Å². The fourth-order valence-corrected chi connectivity index (χ4v) is 1.79. The van der Waals surface area contributed by atoms with Crippen molar-refractivity contribution in [3.05, 3.63) is 29.8 Å². The molecule has 0 amide bonds. The molecule has 1 aromatic rings. The van der Waals surface area contributed by atoms with Gasteiger partial charge in [-0.3, -0.25) is 0 Å². The van der Waals surface area contributed by atoms with Gasteiger partial charge in [0.05, 0.1) is 6.04 Å². The van der Waals surface area contributed by atoms with Gasteiger partial charge in [0.25, 0.3) is 0 Å². The van der Waals surface area contributed by atoms with Gasteiger partial charge in [0.2, 0.25) is 0 Å². The molecular formula is C12H13F4N2O. The lowest BCUT2D eigenvalue weighted by Crippen LogP contribution is -2.38. The first-order chi connectivity index (χ1) is 8.99. The molecule has 7 heteroatoms. The molecule has 1 saturated heterocycles. The Labute approximate surface area is 107 Å². The third-order valence-electron chi connectivity index (χ3n) is 2.75. The van der Waals surface area contributed by atoms with Crippen molar-refractivity contribution in [2.75, 3.05) is 19.6 Å². The van der Waals surface area contributed by atoms with Gasteiger partial charge in [-0.15, -0.1) is 0 Å². The van der Waals surface area contributed by atoms with Gasteiger partial charge in [-0.2, -0.15) is 17.6 Å². The van der Waals surface area contributed by atoms with E-state index in [4.69, 9.17) is 0 Å². The summed E-state index contributed by atoms with van der Waals surface area (Å²) in [6.45, 7) is 2.18. The Morgan fingerprint density at radius 1 is 1.26 bits per heavy atom. The molecule has 1 atom stereocenters. The number of hydrogen-bond acceptors (Lipinski definition) is 2. The summed E-state index contributed by atoms with van der Waals surface area (Å²) in [4.78, 5) is 0. The van der Waals surface area contributed by atoms with Crippen molar-refractivity contribution >= 4 is 0 Å². The van der Waals surface area contributed by atoms with Gasteiger partial charge >= 0.3 is 12.5 Å². The molecule has 1 radical (unpaired) electrons. The van der Waals surface area contributed by atoms with Gasteiger partial charge in [-0.1, -0.05) is 12.1 Å². The third kappa shape index (κ3) is 3.57. The van der Waals surface area contributed by atoms with Gasteiger partial charge in [0.1, 0.15) is 5.75 Å². The molecule has 0 aliphatic carbocycles. The number of ether oxygens (including phenoxy) is 1. The second kappa shape index (κ2) is 5.75. The number of piperazine rings is 1. The van der Waals surface area contributed by atoms with Crippen molar-refractivity contribution in [1.82, 2.24) is 10.6 Å². The average molecular weight is 277 g/mol. The van der Waals surface area contributed by atoms with Gasteiger partial charge in [-0.25, -0.2) is 5.32 Å². The first-order valence-corrected chi connectivity index (χ1v) is 5.81. The first kappa shape index (κ1) is 14.1. The van der Waals surface area contributed by atoms with Crippen LogP contribution in [0.2, 0.25) is 0 Å². The molecule has 1 aliphatic rings. The SMILES string of the molecule is FC(F)C(F)(F)Oc1ccc(C2CNCC[N]2)cc1. The zero-order valence-corrected chi connectivity index (χ0v) is 9.95. The van der Waals surface area contributed by atoms with Gasteiger partial charge in [0, 0.05) is 19.6 Å². The monoisotopic (exact) mass is 277 g/mol. The number of nitrogens with one attached hydrogen (secondary N) is 1. The number of rotatable bonds is 4. The maximum absolute atomic E-state index is 12.7. The summed E-state index contributed by atoms with van der Waals surface area (Å²) in [5.74, 6) is -0.294. The Balaban J connectivity index is 2.02. The van der Waals surface area contributed by atoms with Crippen LogP contribution in [-0.4, -0.2) is 32.2 Å². The summed E-state index contributed by atoms with van der Waals surface area (Å²) in [5, 5.41) is 7.52. The number of alkyl halides is 4. The molecule has 1 heterocycles. The van der Waals surface area contributed by atoms with Crippen molar-refractivity contribution in [2.24, 2.45) is 0 Å². The Bertz CT molecular complexity index is 405. The van der Waals surface area contributed by atoms with E-state index in [-0.39, 0.29) is 11.8 Å². The fraction of sp³-hybridized carbons (Fsp3) is 0.500. The zero-order chi connectivity index (χ0) is 13.9. The van der Waals surface area contributed by atoms with E-state index < -0.39 is 12.5 Å². The highest BCUT2D eigenvalue weighted by Crippen LogP contribution is 2.28. The Morgan fingerprint density at radius 3 is 2.47 bits per heavy atom. The minimum absolute atomic E-state index is 0.0431. The van der Waals surface area contributed by atoms with E-state index in [1.165, 1.54) is 12.1 Å². The van der Waals surface area contributed by atoms with Crippen LogP contribution in [0.4, 0.5) is 17.6 Å². The molecule has 0 aromatic heterocycles. The van der Waals surface area contributed by atoms with Crippen LogP contribution in [0.1, 0.15) is 11.6 Å². The summed E-state index contributed by atoms with van der Waals surface area (Å²) < 4.78 is 53.3. The van der Waals surface area contributed by atoms with Gasteiger partial charge in [0.15, 0.2) is 0 Å². The largest absolute Gasteiger partial charge is 0.461 e. The molecule has 0 bridgehead atoms. The van der Waals surface area contributed by atoms with E-state index in [1.54, 1.807) is 12.1 Å². The Morgan fingerprint density at radius 2 is 1.95 bits per heavy atom. The third-order valence-corrected chi connectivity index (χ3v) is 2.75. The summed E-state index contributed by atoms with van der Waals surface area (Å²) in [5.41, 5.74) is 0.833. The van der Waals surface area contributed by atoms with Gasteiger partial charge in [-0.05, 0) is 17.7 Å². The molecule has 1 fully saturated rings. The number of halogens is 4. The molecule has 0 spiro atoms. The van der Waals surface area contributed by atoms with Crippen LogP contribution in [-0.2, 0) is 0 Å². The van der Waals surface area contributed by atoms with E-state index in [1.807, 2.05) is 0 Å². The van der Waals surface area contributed by atoms with Crippen molar-refractivity contribution in [2.45, 2.75) is 18.6 Å². The van der Waals surface area contributed by atoms with Crippen molar-refractivity contribution < 1.29 is 22.3 Å². The molecule has 105 valence electrons. The van der Waals surface area contributed by atoms with Crippen LogP contribution in [0.5, 0.6) is 5.75 Å².